The lowest BCUT2D eigenvalue weighted by Gasteiger charge is -2.35. The molecule has 3 aliphatic heterocycles. The van der Waals surface area contributed by atoms with Gasteiger partial charge in [0.15, 0.2) is 0 Å². The van der Waals surface area contributed by atoms with E-state index in [2.05, 4.69) is 35.5 Å². The molecule has 2 atom stereocenters. The number of amides is 3. The number of guanidine groups is 1. The Kier molecular flexibility index (Phi) is 5.04. The minimum absolute atomic E-state index is 0.184. The number of benzene rings is 2. The van der Waals surface area contributed by atoms with E-state index >= 15 is 0 Å². The number of likely N-dealkylation sites (N-methyl/N-ethyl adjacent to an activating group) is 1. The Balaban J connectivity index is 1.49. The lowest BCUT2D eigenvalue weighted by atomic mass is 10.0. The van der Waals surface area contributed by atoms with E-state index in [1.54, 1.807) is 11.9 Å². The summed E-state index contributed by atoms with van der Waals surface area (Å²) in [6, 6.07) is 17.3. The fraction of sp³-hybridized carbons (Fsp3) is 0.360. The Morgan fingerprint density at radius 1 is 1.06 bits per heavy atom. The average Bonchev–Trinajstić information content (AvgIpc) is 3.18. The molecule has 0 spiro atoms. The number of carbonyl (C=O) groups is 2. The molecule has 0 saturated carbocycles. The Morgan fingerprint density at radius 2 is 1.78 bits per heavy atom. The number of hydrogen-bond acceptors (Lipinski definition) is 4. The van der Waals surface area contributed by atoms with Crippen LogP contribution in [0.15, 0.2) is 59.6 Å². The molecule has 3 amide bonds. The minimum Gasteiger partial charge on any atom is -0.270 e. The van der Waals surface area contributed by atoms with Crippen LogP contribution < -0.4 is 4.90 Å². The zero-order valence-corrected chi connectivity index (χ0v) is 18.7. The Labute approximate surface area is 188 Å². The van der Waals surface area contributed by atoms with Crippen molar-refractivity contribution < 1.29 is 14.2 Å². The van der Waals surface area contributed by atoms with Crippen molar-refractivity contribution in [2.24, 2.45) is 10.9 Å². The van der Waals surface area contributed by atoms with Crippen LogP contribution in [0.1, 0.15) is 18.1 Å². The van der Waals surface area contributed by atoms with E-state index in [0.29, 0.717) is 24.7 Å². The lowest BCUT2D eigenvalue weighted by Crippen LogP contribution is -2.64. The van der Waals surface area contributed by atoms with Gasteiger partial charge in [-0.1, -0.05) is 60.4 Å². The summed E-state index contributed by atoms with van der Waals surface area (Å²) in [6.07, 6.45) is 0.633. The molecule has 1 fully saturated rings. The molecule has 164 valence electrons. The topological polar surface area (TPSA) is 59.2 Å². The number of rotatable bonds is 4. The molecular formula is C25H28N5O2+. The van der Waals surface area contributed by atoms with Crippen molar-refractivity contribution in [2.75, 3.05) is 31.6 Å². The third kappa shape index (κ3) is 3.28. The van der Waals surface area contributed by atoms with Crippen molar-refractivity contribution in [2.45, 2.75) is 26.3 Å². The molecule has 3 aliphatic rings. The van der Waals surface area contributed by atoms with Gasteiger partial charge >= 0.3 is 12.0 Å². The monoisotopic (exact) mass is 430 g/mol. The van der Waals surface area contributed by atoms with Crippen LogP contribution in [0, 0.1) is 12.8 Å². The van der Waals surface area contributed by atoms with Gasteiger partial charge in [0.05, 0.1) is 13.1 Å². The van der Waals surface area contributed by atoms with E-state index in [4.69, 9.17) is 4.99 Å². The molecule has 32 heavy (non-hydrogen) atoms. The van der Waals surface area contributed by atoms with Gasteiger partial charge in [-0.2, -0.15) is 0 Å². The number of urea groups is 1. The van der Waals surface area contributed by atoms with Crippen molar-refractivity contribution in [3.05, 3.63) is 65.7 Å². The van der Waals surface area contributed by atoms with Gasteiger partial charge in [-0.25, -0.2) is 14.3 Å². The first-order valence-corrected chi connectivity index (χ1v) is 11.1. The first-order chi connectivity index (χ1) is 15.5. The van der Waals surface area contributed by atoms with Crippen molar-refractivity contribution in [1.82, 2.24) is 9.80 Å². The fourth-order valence-corrected chi connectivity index (χ4v) is 4.86. The van der Waals surface area contributed by atoms with Gasteiger partial charge < -0.3 is 0 Å². The largest absolute Gasteiger partial charge is 0.397 e. The molecule has 7 nitrogen and oxygen atoms in total. The first kappa shape index (κ1) is 20.4. The van der Waals surface area contributed by atoms with Crippen LogP contribution in [0.2, 0.25) is 0 Å². The summed E-state index contributed by atoms with van der Waals surface area (Å²) in [5, 5.41) is 0. The van der Waals surface area contributed by atoms with Gasteiger partial charge in [-0.05, 0) is 30.5 Å². The Morgan fingerprint density at radius 3 is 2.53 bits per heavy atom. The molecule has 0 aromatic heterocycles. The van der Waals surface area contributed by atoms with Crippen molar-refractivity contribution in [1.29, 1.82) is 0 Å². The molecule has 2 aromatic carbocycles. The summed E-state index contributed by atoms with van der Waals surface area (Å²) >= 11 is 0. The molecule has 1 saturated heterocycles. The molecule has 0 radical (unpaired) electrons. The van der Waals surface area contributed by atoms with Gasteiger partial charge in [0.1, 0.15) is 5.69 Å². The van der Waals surface area contributed by atoms with Crippen molar-refractivity contribution in [3.63, 3.8) is 0 Å². The highest BCUT2D eigenvalue weighted by Gasteiger charge is 2.55. The number of para-hydroxylation sites is 1. The summed E-state index contributed by atoms with van der Waals surface area (Å²) in [4.78, 5) is 36.6. The Bertz CT molecular complexity index is 1140. The molecule has 3 heterocycles. The highest BCUT2D eigenvalue weighted by molar-refractivity contribution is 6.24. The Hall–Kier alpha value is -3.48. The number of nitrogens with zero attached hydrogens (tertiary/aromatic N) is 5. The zero-order valence-electron chi connectivity index (χ0n) is 18.7. The number of fused-ring (bicyclic) bond motifs is 2. The van der Waals surface area contributed by atoms with Crippen LogP contribution in [-0.4, -0.2) is 70.8 Å². The first-order valence-electron chi connectivity index (χ1n) is 11.1. The van der Waals surface area contributed by atoms with Crippen LogP contribution in [0.3, 0.4) is 0 Å². The quantitative estimate of drug-likeness (QED) is 0.701. The summed E-state index contributed by atoms with van der Waals surface area (Å²) in [7, 11) is 1.72. The average molecular weight is 431 g/mol. The van der Waals surface area contributed by atoms with E-state index in [1.807, 2.05) is 42.5 Å². The third-order valence-corrected chi connectivity index (χ3v) is 6.51. The smallest absolute Gasteiger partial charge is 0.270 e. The van der Waals surface area contributed by atoms with E-state index in [-0.39, 0.29) is 11.9 Å². The maximum absolute atomic E-state index is 13.6. The molecular weight excluding hydrogens is 402 g/mol. The number of hydrogen-bond donors (Lipinski definition) is 0. The summed E-state index contributed by atoms with van der Waals surface area (Å²) in [6.45, 7) is 6.19. The number of anilines is 1. The van der Waals surface area contributed by atoms with Gasteiger partial charge in [-0.15, -0.1) is 0 Å². The lowest BCUT2D eigenvalue weighted by molar-refractivity contribution is -0.545. The number of amidine groups is 1. The molecule has 5 rings (SSSR count). The number of aliphatic imine (C=N–C) groups is 1. The van der Waals surface area contributed by atoms with Crippen LogP contribution >= 0.6 is 0 Å². The molecule has 0 aliphatic carbocycles. The van der Waals surface area contributed by atoms with E-state index in [0.717, 1.165) is 35.9 Å². The number of aryl methyl sites for hydroxylation is 1. The predicted molar refractivity (Wildman–Crippen MR) is 124 cm³/mol. The zero-order chi connectivity index (χ0) is 22.4. The van der Waals surface area contributed by atoms with Gasteiger partial charge in [0.2, 0.25) is 11.9 Å². The normalized spacial score (nSPS) is 22.8. The number of carbonyl (C=O) groups excluding carboxylic acids is 2. The summed E-state index contributed by atoms with van der Waals surface area (Å²) in [5.41, 5.74) is 3.35. The summed E-state index contributed by atoms with van der Waals surface area (Å²) in [5.74, 6) is 1.45. The molecule has 2 aromatic rings. The van der Waals surface area contributed by atoms with E-state index in [9.17, 15) is 9.59 Å². The van der Waals surface area contributed by atoms with Crippen LogP contribution in [-0.2, 0) is 11.2 Å². The maximum atomic E-state index is 13.6. The second kappa shape index (κ2) is 7.89. The van der Waals surface area contributed by atoms with Crippen LogP contribution in [0.4, 0.5) is 10.5 Å². The van der Waals surface area contributed by atoms with Gasteiger partial charge in [0, 0.05) is 19.5 Å². The van der Waals surface area contributed by atoms with Gasteiger partial charge in [0.25, 0.3) is 5.91 Å². The van der Waals surface area contributed by atoms with Crippen LogP contribution in [0.25, 0.3) is 0 Å². The fourth-order valence-electron chi connectivity index (χ4n) is 4.86. The standard InChI is InChI=1S/C25H28N5O2/c1-17-15-29(20-12-8-7-9-18(20)2)24-26-22-21(30(24)16-17)23(31)28(25(32)27(22)3)14-13-19-10-5-4-6-11-19/h4-12,17,21H,13-16H2,1-3H3/q+1. The number of imide groups is 1. The predicted octanol–water partition coefficient (Wildman–Crippen LogP) is 2.74. The minimum atomic E-state index is -0.558. The highest BCUT2D eigenvalue weighted by atomic mass is 16.2. The van der Waals surface area contributed by atoms with E-state index in [1.165, 1.54) is 4.90 Å². The third-order valence-electron chi connectivity index (χ3n) is 6.51. The molecule has 7 heteroatoms. The highest BCUT2D eigenvalue weighted by Crippen LogP contribution is 2.29. The molecule has 2 unspecified atom stereocenters. The van der Waals surface area contributed by atoms with Crippen LogP contribution in [0.5, 0.6) is 0 Å². The van der Waals surface area contributed by atoms with Gasteiger partial charge in [-0.3, -0.25) is 14.6 Å². The summed E-state index contributed by atoms with van der Waals surface area (Å²) < 4.78 is 2.08. The molecule has 0 N–H and O–H groups in total. The maximum Gasteiger partial charge on any atom is 0.397 e. The second-order valence-electron chi connectivity index (χ2n) is 8.89. The van der Waals surface area contributed by atoms with Crippen molar-refractivity contribution in [3.8, 4) is 0 Å². The SMILES string of the molecule is Cc1ccccc1N1CC(C)C[N+]2=C1N=C1C2C(=O)N(CCc2ccccc2)C(=O)N1C. The second-order valence-corrected chi connectivity index (χ2v) is 8.89. The van der Waals surface area contributed by atoms with E-state index < -0.39 is 6.04 Å². The molecule has 0 bridgehead atoms. The van der Waals surface area contributed by atoms with Crippen molar-refractivity contribution >= 4 is 29.4 Å².